The first-order valence-electron chi connectivity index (χ1n) is 3.84. The third-order valence-electron chi connectivity index (χ3n) is 1.85. The van der Waals surface area contributed by atoms with E-state index in [1.54, 1.807) is 14.2 Å². The van der Waals surface area contributed by atoms with Crippen LogP contribution in [0.5, 0.6) is 0 Å². The van der Waals surface area contributed by atoms with Gasteiger partial charge in [-0.25, -0.2) is 0 Å². The molecule has 0 aliphatic heterocycles. The number of hydrogen-bond acceptors (Lipinski definition) is 3. The summed E-state index contributed by atoms with van der Waals surface area (Å²) in [5, 5.41) is 0. The molecule has 0 atom stereocenters. The van der Waals surface area contributed by atoms with E-state index >= 15 is 0 Å². The van der Waals surface area contributed by atoms with E-state index < -0.39 is 0 Å². The Morgan fingerprint density at radius 1 is 1.27 bits per heavy atom. The molecule has 0 amide bonds. The van der Waals surface area contributed by atoms with Gasteiger partial charge in [0, 0.05) is 19.6 Å². The van der Waals surface area contributed by atoms with Gasteiger partial charge in [0.15, 0.2) is 6.29 Å². The maximum absolute atomic E-state index is 5.45. The lowest BCUT2D eigenvalue weighted by Crippen LogP contribution is -2.34. The SMILES string of the molecule is COC(OC)C(C)(C)CCN. The lowest BCUT2D eigenvalue weighted by molar-refractivity contribution is -0.168. The van der Waals surface area contributed by atoms with E-state index in [0.717, 1.165) is 6.42 Å². The van der Waals surface area contributed by atoms with Crippen molar-refractivity contribution in [3.8, 4) is 0 Å². The van der Waals surface area contributed by atoms with Crippen LogP contribution in [-0.2, 0) is 9.47 Å². The topological polar surface area (TPSA) is 44.5 Å². The van der Waals surface area contributed by atoms with Crippen LogP contribution in [0.4, 0.5) is 0 Å². The van der Waals surface area contributed by atoms with Crippen LogP contribution in [0, 0.1) is 5.41 Å². The van der Waals surface area contributed by atoms with Crippen LogP contribution in [0.1, 0.15) is 20.3 Å². The van der Waals surface area contributed by atoms with Gasteiger partial charge in [0.25, 0.3) is 0 Å². The predicted octanol–water partition coefficient (Wildman–Crippen LogP) is 0.980. The summed E-state index contributed by atoms with van der Waals surface area (Å²) in [6.07, 6.45) is 0.741. The van der Waals surface area contributed by atoms with Crippen molar-refractivity contribution in [1.29, 1.82) is 0 Å². The molecule has 0 bridgehead atoms. The van der Waals surface area contributed by atoms with E-state index in [9.17, 15) is 0 Å². The molecular weight excluding hydrogens is 142 g/mol. The van der Waals surface area contributed by atoms with E-state index in [0.29, 0.717) is 6.54 Å². The maximum Gasteiger partial charge on any atom is 0.161 e. The summed E-state index contributed by atoms with van der Waals surface area (Å²) in [6, 6.07) is 0. The average molecular weight is 161 g/mol. The third kappa shape index (κ3) is 3.18. The fraction of sp³-hybridized carbons (Fsp3) is 1.00. The normalized spacial score (nSPS) is 12.5. The number of rotatable bonds is 5. The molecule has 0 aromatic carbocycles. The molecule has 2 N–H and O–H groups in total. The molecule has 0 fully saturated rings. The largest absolute Gasteiger partial charge is 0.355 e. The summed E-state index contributed by atoms with van der Waals surface area (Å²) >= 11 is 0. The van der Waals surface area contributed by atoms with Gasteiger partial charge in [-0.2, -0.15) is 0 Å². The summed E-state index contributed by atoms with van der Waals surface area (Å²) < 4.78 is 10.3. The summed E-state index contributed by atoms with van der Waals surface area (Å²) in [5.74, 6) is 0. The molecular formula is C8H19NO2. The average Bonchev–Trinajstić information content (AvgIpc) is 1.89. The van der Waals surface area contributed by atoms with E-state index in [1.807, 2.05) is 0 Å². The Bertz CT molecular complexity index is 100. The first-order valence-corrected chi connectivity index (χ1v) is 3.84. The first kappa shape index (κ1) is 10.9. The van der Waals surface area contributed by atoms with Crippen molar-refractivity contribution in [3.63, 3.8) is 0 Å². The molecule has 68 valence electrons. The fourth-order valence-corrected chi connectivity index (χ4v) is 1.22. The summed E-state index contributed by atoms with van der Waals surface area (Å²) in [5.41, 5.74) is 5.45. The molecule has 0 spiro atoms. The van der Waals surface area contributed by atoms with E-state index in [4.69, 9.17) is 15.2 Å². The van der Waals surface area contributed by atoms with E-state index in [2.05, 4.69) is 13.8 Å². The zero-order valence-corrected chi connectivity index (χ0v) is 7.89. The Morgan fingerprint density at radius 3 is 2.00 bits per heavy atom. The Hall–Kier alpha value is -0.120. The minimum absolute atomic E-state index is 0.00174. The zero-order chi connectivity index (χ0) is 8.91. The molecule has 0 rings (SSSR count). The predicted molar refractivity (Wildman–Crippen MR) is 45.3 cm³/mol. The Morgan fingerprint density at radius 2 is 1.73 bits per heavy atom. The summed E-state index contributed by atoms with van der Waals surface area (Å²) in [6.45, 7) is 4.82. The lowest BCUT2D eigenvalue weighted by atomic mass is 9.88. The number of hydrogen-bond donors (Lipinski definition) is 1. The molecule has 0 radical (unpaired) electrons. The van der Waals surface area contributed by atoms with Gasteiger partial charge in [-0.15, -0.1) is 0 Å². The number of nitrogens with two attached hydrogens (primary N) is 1. The Kier molecular flexibility index (Phi) is 4.65. The highest BCUT2D eigenvalue weighted by Crippen LogP contribution is 2.26. The van der Waals surface area contributed by atoms with Gasteiger partial charge in [-0.05, 0) is 13.0 Å². The van der Waals surface area contributed by atoms with Crippen LogP contribution >= 0.6 is 0 Å². The molecule has 0 aliphatic carbocycles. The zero-order valence-electron chi connectivity index (χ0n) is 7.89. The van der Waals surface area contributed by atoms with Crippen molar-refractivity contribution in [2.45, 2.75) is 26.6 Å². The van der Waals surface area contributed by atoms with E-state index in [-0.39, 0.29) is 11.7 Å². The standard InChI is InChI=1S/C8H19NO2/c1-8(2,5-6-9)7(10-3)11-4/h7H,5-6,9H2,1-4H3. The second kappa shape index (κ2) is 4.70. The molecule has 0 saturated heterocycles. The van der Waals surface area contributed by atoms with Crippen molar-refractivity contribution in [2.24, 2.45) is 11.1 Å². The highest BCUT2D eigenvalue weighted by molar-refractivity contribution is 4.72. The van der Waals surface area contributed by atoms with Crippen LogP contribution in [0.3, 0.4) is 0 Å². The summed E-state index contributed by atoms with van der Waals surface area (Å²) in [4.78, 5) is 0. The monoisotopic (exact) mass is 161 g/mol. The second-order valence-electron chi connectivity index (χ2n) is 3.33. The van der Waals surface area contributed by atoms with Gasteiger partial charge in [0.1, 0.15) is 0 Å². The number of methoxy groups -OCH3 is 2. The Labute approximate surface area is 68.9 Å². The smallest absolute Gasteiger partial charge is 0.161 e. The minimum Gasteiger partial charge on any atom is -0.355 e. The minimum atomic E-state index is -0.161. The second-order valence-corrected chi connectivity index (χ2v) is 3.33. The maximum atomic E-state index is 5.45. The molecule has 3 nitrogen and oxygen atoms in total. The van der Waals surface area contributed by atoms with Crippen LogP contribution in [0.15, 0.2) is 0 Å². The molecule has 0 saturated carbocycles. The highest BCUT2D eigenvalue weighted by Gasteiger charge is 2.28. The van der Waals surface area contributed by atoms with Crippen LogP contribution < -0.4 is 5.73 Å². The van der Waals surface area contributed by atoms with Gasteiger partial charge in [0.2, 0.25) is 0 Å². The van der Waals surface area contributed by atoms with Crippen molar-refractivity contribution < 1.29 is 9.47 Å². The van der Waals surface area contributed by atoms with Crippen LogP contribution in [0.25, 0.3) is 0 Å². The molecule has 0 aromatic heterocycles. The quantitative estimate of drug-likeness (QED) is 0.611. The van der Waals surface area contributed by atoms with Crippen molar-refractivity contribution in [1.82, 2.24) is 0 Å². The van der Waals surface area contributed by atoms with Crippen LogP contribution in [0.2, 0.25) is 0 Å². The number of ether oxygens (including phenoxy) is 2. The lowest BCUT2D eigenvalue weighted by Gasteiger charge is -2.31. The van der Waals surface area contributed by atoms with Gasteiger partial charge < -0.3 is 15.2 Å². The van der Waals surface area contributed by atoms with Crippen LogP contribution in [-0.4, -0.2) is 27.1 Å². The van der Waals surface area contributed by atoms with Gasteiger partial charge in [-0.3, -0.25) is 0 Å². The van der Waals surface area contributed by atoms with Crippen molar-refractivity contribution in [3.05, 3.63) is 0 Å². The Balaban J connectivity index is 4.00. The first-order chi connectivity index (χ1) is 5.08. The third-order valence-corrected chi connectivity index (χ3v) is 1.85. The van der Waals surface area contributed by atoms with Gasteiger partial charge >= 0.3 is 0 Å². The highest BCUT2D eigenvalue weighted by atomic mass is 16.7. The fourth-order valence-electron chi connectivity index (χ4n) is 1.22. The molecule has 0 aromatic rings. The van der Waals surface area contributed by atoms with Crippen molar-refractivity contribution >= 4 is 0 Å². The molecule has 0 unspecified atom stereocenters. The molecule has 11 heavy (non-hydrogen) atoms. The molecule has 3 heteroatoms. The van der Waals surface area contributed by atoms with Crippen molar-refractivity contribution in [2.75, 3.05) is 20.8 Å². The van der Waals surface area contributed by atoms with E-state index in [1.165, 1.54) is 0 Å². The van der Waals surface area contributed by atoms with Gasteiger partial charge in [0.05, 0.1) is 0 Å². The molecule has 0 aliphatic rings. The molecule has 0 heterocycles. The van der Waals surface area contributed by atoms with Gasteiger partial charge in [-0.1, -0.05) is 13.8 Å². The summed E-state index contributed by atoms with van der Waals surface area (Å²) in [7, 11) is 3.29.